The van der Waals surface area contributed by atoms with Crippen molar-refractivity contribution < 1.29 is 73.2 Å². The number of carbonyl (C=O) groups excluding carboxylic acids is 4. The Kier molecular flexibility index (Phi) is 13.5. The minimum absolute atomic E-state index is 0.0779. The molecule has 0 amide bonds. The van der Waals surface area contributed by atoms with Crippen LogP contribution in [0.5, 0.6) is 0 Å². The van der Waals surface area contributed by atoms with Crippen LogP contribution in [0.25, 0.3) is 30.3 Å². The van der Waals surface area contributed by atoms with Gasteiger partial charge in [0.05, 0.1) is 12.8 Å². The van der Waals surface area contributed by atoms with E-state index in [1.807, 2.05) is 12.1 Å². The summed E-state index contributed by atoms with van der Waals surface area (Å²) in [6.07, 6.45) is -9.98. The summed E-state index contributed by atoms with van der Waals surface area (Å²) >= 11 is 2.81. The van der Waals surface area contributed by atoms with Crippen molar-refractivity contribution >= 4 is 56.0 Å². The molecule has 4 aromatic rings. The lowest BCUT2D eigenvalue weighted by Gasteiger charge is -2.32. The molecule has 2 aliphatic rings. The number of carbonyl (C=O) groups is 4. The highest BCUT2D eigenvalue weighted by molar-refractivity contribution is 7.31. The fraction of sp³-hybridized carbons (Fsp3) is 0.381. The van der Waals surface area contributed by atoms with Crippen LogP contribution < -0.4 is 0 Å². The standard InChI is InChI=1S/C42H36F8O8S2/c1-41(47,48)19-39(53)57-28-8-10-30(58-40(54)20-42(2,49)50)26-16-22(4-6-24(26)28)32-18-34-33(60-32)17-31(59-34)21-3-5-23-25(15-21)29(56-38(52)14-12-36(45)46)9-7-27(23)55-37(51)13-11-35(43)44/h3-6,11-12,15-18,27-30H,7-10,13-14,19-20H2,1-2H3. The van der Waals surface area contributed by atoms with Gasteiger partial charge in [0.1, 0.15) is 37.3 Å². The molecule has 0 radical (unpaired) electrons. The molecule has 60 heavy (non-hydrogen) atoms. The molecule has 0 fully saturated rings. The van der Waals surface area contributed by atoms with E-state index in [2.05, 4.69) is 0 Å². The summed E-state index contributed by atoms with van der Waals surface area (Å²) in [5.74, 6) is -10.7. The van der Waals surface area contributed by atoms with Gasteiger partial charge in [0.2, 0.25) is 0 Å². The Morgan fingerprint density at radius 3 is 1.22 bits per heavy atom. The number of thiophene rings is 2. The van der Waals surface area contributed by atoms with E-state index >= 15 is 0 Å². The Morgan fingerprint density at radius 2 is 0.883 bits per heavy atom. The Balaban J connectivity index is 1.29. The second-order valence-electron chi connectivity index (χ2n) is 14.6. The number of fused-ring (bicyclic) bond motifs is 3. The predicted octanol–water partition coefficient (Wildman–Crippen LogP) is 12.7. The van der Waals surface area contributed by atoms with Crippen molar-refractivity contribution in [1.82, 2.24) is 0 Å². The van der Waals surface area contributed by atoms with Crippen molar-refractivity contribution in [2.45, 2.75) is 101 Å². The fourth-order valence-electron chi connectivity index (χ4n) is 7.08. The van der Waals surface area contributed by atoms with E-state index in [4.69, 9.17) is 18.9 Å². The third kappa shape index (κ3) is 11.6. The van der Waals surface area contributed by atoms with Crippen molar-refractivity contribution in [3.05, 3.63) is 95.1 Å². The maximum Gasteiger partial charge on any atom is 0.312 e. The van der Waals surface area contributed by atoms with Crippen LogP contribution in [0.4, 0.5) is 35.1 Å². The zero-order chi connectivity index (χ0) is 43.5. The maximum atomic E-state index is 13.6. The minimum atomic E-state index is -3.32. The third-order valence-electron chi connectivity index (χ3n) is 9.57. The van der Waals surface area contributed by atoms with Crippen LogP contribution in [0.1, 0.15) is 112 Å². The molecule has 8 nitrogen and oxygen atoms in total. The highest BCUT2D eigenvalue weighted by Crippen LogP contribution is 2.48. The number of rotatable bonds is 14. The predicted molar refractivity (Wildman–Crippen MR) is 205 cm³/mol. The monoisotopic (exact) mass is 884 g/mol. The zero-order valence-corrected chi connectivity index (χ0v) is 33.5. The Morgan fingerprint density at radius 1 is 0.550 bits per heavy atom. The summed E-state index contributed by atoms with van der Waals surface area (Å²) in [6, 6.07) is 14.0. The molecule has 2 heterocycles. The summed E-state index contributed by atoms with van der Waals surface area (Å²) in [4.78, 5) is 51.2. The summed E-state index contributed by atoms with van der Waals surface area (Å²) < 4.78 is 129. The van der Waals surface area contributed by atoms with Gasteiger partial charge in [0.15, 0.2) is 0 Å². The molecule has 0 N–H and O–H groups in total. The number of halogens is 8. The molecule has 2 aliphatic carbocycles. The van der Waals surface area contributed by atoms with Gasteiger partial charge in [-0.3, -0.25) is 19.2 Å². The summed E-state index contributed by atoms with van der Waals surface area (Å²) in [7, 11) is 0. The normalized spacial score (nSPS) is 18.8. The number of ether oxygens (including phenoxy) is 4. The van der Waals surface area contributed by atoms with Gasteiger partial charge >= 0.3 is 23.9 Å². The molecular formula is C42H36F8O8S2. The largest absolute Gasteiger partial charge is 0.457 e. The molecule has 0 saturated heterocycles. The number of esters is 4. The first-order valence-electron chi connectivity index (χ1n) is 18.6. The Labute approximate surface area is 345 Å². The maximum absolute atomic E-state index is 13.6. The average molecular weight is 885 g/mol. The average Bonchev–Trinajstić information content (AvgIpc) is 3.73. The van der Waals surface area contributed by atoms with E-state index in [1.165, 1.54) is 22.7 Å². The SMILES string of the molecule is CC(F)(F)CC(=O)OC1CCC(OC(=O)CC(C)(F)F)c2cc(-c3cc4sc(-c5ccc6c(c5)C(OC(=O)CC=C(F)F)CCC6OC(=O)CC=C(F)F)cc4s3)ccc21. The van der Waals surface area contributed by atoms with E-state index in [9.17, 15) is 54.3 Å². The van der Waals surface area contributed by atoms with Crippen molar-refractivity contribution in [3.63, 3.8) is 0 Å². The zero-order valence-electron chi connectivity index (χ0n) is 31.8. The summed E-state index contributed by atoms with van der Waals surface area (Å²) in [5, 5.41) is 0. The molecular weight excluding hydrogens is 849 g/mol. The number of hydrogen-bond donors (Lipinski definition) is 0. The highest BCUT2D eigenvalue weighted by atomic mass is 32.1. The van der Waals surface area contributed by atoms with Crippen LogP contribution in [-0.2, 0) is 38.1 Å². The smallest absolute Gasteiger partial charge is 0.312 e. The van der Waals surface area contributed by atoms with Gasteiger partial charge in [-0.15, -0.1) is 22.7 Å². The lowest BCUT2D eigenvalue weighted by atomic mass is 9.85. The van der Waals surface area contributed by atoms with Crippen LogP contribution in [0.3, 0.4) is 0 Å². The van der Waals surface area contributed by atoms with Crippen LogP contribution in [0.2, 0.25) is 0 Å². The quantitative estimate of drug-likeness (QED) is 0.0700. The molecule has 2 aromatic carbocycles. The van der Waals surface area contributed by atoms with Crippen LogP contribution >= 0.6 is 22.7 Å². The Bertz CT molecular complexity index is 2300. The Hall–Kier alpha value is -5.10. The third-order valence-corrected chi connectivity index (χ3v) is 12.0. The molecule has 18 heteroatoms. The van der Waals surface area contributed by atoms with Crippen molar-refractivity contribution in [2.75, 3.05) is 0 Å². The molecule has 320 valence electrons. The van der Waals surface area contributed by atoms with Crippen molar-refractivity contribution in [2.24, 2.45) is 0 Å². The van der Waals surface area contributed by atoms with E-state index in [-0.39, 0.29) is 25.7 Å². The number of hydrogen-bond acceptors (Lipinski definition) is 10. The lowest BCUT2D eigenvalue weighted by Crippen LogP contribution is -2.26. The molecule has 0 saturated carbocycles. The van der Waals surface area contributed by atoms with Gasteiger partial charge in [0, 0.05) is 19.2 Å². The molecule has 6 rings (SSSR count). The van der Waals surface area contributed by atoms with E-state index in [1.54, 1.807) is 36.4 Å². The van der Waals surface area contributed by atoms with E-state index < -0.39 is 98.0 Å². The van der Waals surface area contributed by atoms with Crippen LogP contribution in [-0.4, -0.2) is 35.7 Å². The highest BCUT2D eigenvalue weighted by Gasteiger charge is 2.37. The van der Waals surface area contributed by atoms with E-state index in [0.717, 1.165) is 19.2 Å². The first kappa shape index (κ1) is 44.5. The van der Waals surface area contributed by atoms with Crippen molar-refractivity contribution in [3.8, 4) is 20.9 Å². The molecule has 0 spiro atoms. The van der Waals surface area contributed by atoms with Crippen LogP contribution in [0.15, 0.2) is 72.8 Å². The van der Waals surface area contributed by atoms with Gasteiger partial charge in [-0.2, -0.15) is 17.6 Å². The van der Waals surface area contributed by atoms with Gasteiger partial charge in [-0.1, -0.05) is 24.3 Å². The van der Waals surface area contributed by atoms with Gasteiger partial charge < -0.3 is 18.9 Å². The van der Waals surface area contributed by atoms with Gasteiger partial charge in [-0.05, 0) is 109 Å². The molecule has 4 unspecified atom stereocenters. The first-order chi connectivity index (χ1) is 28.2. The molecule has 4 atom stereocenters. The van der Waals surface area contributed by atoms with Gasteiger partial charge in [-0.25, -0.2) is 17.6 Å². The summed E-state index contributed by atoms with van der Waals surface area (Å²) in [5.41, 5.74) is 3.04. The second kappa shape index (κ2) is 18.3. The minimum Gasteiger partial charge on any atom is -0.457 e. The van der Waals surface area contributed by atoms with Crippen molar-refractivity contribution in [1.29, 1.82) is 0 Å². The second-order valence-corrected chi connectivity index (χ2v) is 16.8. The number of benzene rings is 2. The first-order valence-corrected chi connectivity index (χ1v) is 20.2. The fourth-order valence-corrected chi connectivity index (χ4v) is 9.47. The molecule has 2 aromatic heterocycles. The van der Waals surface area contributed by atoms with E-state index in [0.29, 0.717) is 59.4 Å². The lowest BCUT2D eigenvalue weighted by molar-refractivity contribution is -0.163. The molecule has 0 bridgehead atoms. The summed E-state index contributed by atoms with van der Waals surface area (Å²) in [6.45, 7) is 1.18. The van der Waals surface area contributed by atoms with Gasteiger partial charge in [0.25, 0.3) is 24.0 Å². The molecule has 0 aliphatic heterocycles. The topological polar surface area (TPSA) is 105 Å². The number of alkyl halides is 4. The van der Waals surface area contributed by atoms with Crippen LogP contribution in [0, 0.1) is 0 Å².